The minimum Gasteiger partial charge on any atom is -0.459 e. The van der Waals surface area contributed by atoms with Crippen molar-refractivity contribution >= 4 is 5.97 Å². The maximum atomic E-state index is 11.4. The molecule has 4 rings (SSSR count). The van der Waals surface area contributed by atoms with Crippen LogP contribution in [0.1, 0.15) is 59.3 Å². The average Bonchev–Trinajstić information content (AvgIpc) is 2.86. The van der Waals surface area contributed by atoms with E-state index in [2.05, 4.69) is 18.9 Å². The Hall–Kier alpha value is -1.35. The molecular weight excluding hydrogens is 356 g/mol. The third kappa shape index (κ3) is 2.54. The summed E-state index contributed by atoms with van der Waals surface area (Å²) in [5.41, 5.74) is -0.812. The molecule has 0 aliphatic heterocycles. The third-order valence-corrected chi connectivity index (χ3v) is 8.75. The van der Waals surface area contributed by atoms with E-state index in [1.807, 2.05) is 6.92 Å². The van der Waals surface area contributed by atoms with Gasteiger partial charge in [0, 0.05) is 18.8 Å². The quantitative estimate of drug-likeness (QED) is 0.364. The van der Waals surface area contributed by atoms with Gasteiger partial charge in [0.2, 0.25) is 0 Å². The highest BCUT2D eigenvalue weighted by Crippen LogP contribution is 2.67. The largest absolute Gasteiger partial charge is 0.459 e. The molecule has 0 amide bonds. The number of esters is 1. The summed E-state index contributed by atoms with van der Waals surface area (Å²) in [5.74, 6) is 2.74. The number of rotatable bonds is 1. The van der Waals surface area contributed by atoms with E-state index < -0.39 is 29.3 Å². The molecule has 5 heteroatoms. The van der Waals surface area contributed by atoms with Crippen molar-refractivity contribution in [2.75, 3.05) is 0 Å². The van der Waals surface area contributed by atoms with Gasteiger partial charge >= 0.3 is 5.97 Å². The standard InChI is InChI=1S/C23H32O5/c1-5-23(27)9-8-16-15-7-6-14-10-19(28-13(2)24)17(25)11-21(14,3)20(15)18(26)12-22(16,23)4/h1,6,15-20,25-27H,7-12H2,2-4H3/t15-,16-,17+,18-,19+,20+,21-,22-,23-/m0/s1. The second-order valence-corrected chi connectivity index (χ2v) is 10.0. The number of terminal acetylenes is 1. The fraction of sp³-hybridized carbons (Fsp3) is 0.783. The molecule has 3 saturated carbocycles. The zero-order valence-corrected chi connectivity index (χ0v) is 17.0. The SMILES string of the molecule is C#C[C@]1(O)CC[C@H]2[C@@H]3CC=C4C[C@@H](OC(C)=O)[C@H](O)C[C@]4(C)[C@H]3[C@@H](O)C[C@@]21C. The topological polar surface area (TPSA) is 87.0 Å². The van der Waals surface area contributed by atoms with Crippen molar-refractivity contribution in [3.8, 4) is 12.3 Å². The predicted octanol–water partition coefficient (Wildman–Crippen LogP) is 2.19. The van der Waals surface area contributed by atoms with Gasteiger partial charge in [0.25, 0.3) is 0 Å². The highest BCUT2D eigenvalue weighted by atomic mass is 16.6. The van der Waals surface area contributed by atoms with E-state index >= 15 is 0 Å². The van der Waals surface area contributed by atoms with Gasteiger partial charge in [-0.25, -0.2) is 0 Å². The number of carbonyl (C=O) groups excluding carboxylic acids is 1. The van der Waals surface area contributed by atoms with E-state index in [4.69, 9.17) is 11.2 Å². The first-order chi connectivity index (χ1) is 13.1. The lowest BCUT2D eigenvalue weighted by Gasteiger charge is -2.60. The number of fused-ring (bicyclic) bond motifs is 5. The molecule has 4 aliphatic rings. The van der Waals surface area contributed by atoms with E-state index in [0.29, 0.717) is 25.7 Å². The maximum Gasteiger partial charge on any atom is 0.303 e. The lowest BCUT2D eigenvalue weighted by Crippen LogP contribution is -2.60. The molecule has 154 valence electrons. The summed E-state index contributed by atoms with van der Waals surface area (Å²) in [5, 5.41) is 33.0. The van der Waals surface area contributed by atoms with Crippen LogP contribution in [-0.2, 0) is 9.53 Å². The summed E-state index contributed by atoms with van der Waals surface area (Å²) in [6.07, 6.45) is 9.83. The van der Waals surface area contributed by atoms with Crippen LogP contribution in [0.15, 0.2) is 11.6 Å². The summed E-state index contributed by atoms with van der Waals surface area (Å²) < 4.78 is 5.34. The summed E-state index contributed by atoms with van der Waals surface area (Å²) in [7, 11) is 0. The van der Waals surface area contributed by atoms with Crippen LogP contribution >= 0.6 is 0 Å². The molecule has 5 nitrogen and oxygen atoms in total. The Morgan fingerprint density at radius 2 is 2.00 bits per heavy atom. The Morgan fingerprint density at radius 3 is 2.64 bits per heavy atom. The van der Waals surface area contributed by atoms with Gasteiger partial charge < -0.3 is 20.1 Å². The lowest BCUT2D eigenvalue weighted by atomic mass is 9.46. The fourth-order valence-electron chi connectivity index (χ4n) is 7.39. The van der Waals surface area contributed by atoms with Crippen LogP contribution < -0.4 is 0 Å². The van der Waals surface area contributed by atoms with Crippen molar-refractivity contribution in [1.82, 2.24) is 0 Å². The first kappa shape index (κ1) is 19.9. The first-order valence-electron chi connectivity index (χ1n) is 10.5. The monoisotopic (exact) mass is 388 g/mol. The average molecular weight is 389 g/mol. The van der Waals surface area contributed by atoms with Gasteiger partial charge in [-0.05, 0) is 55.3 Å². The normalized spacial score (nSPS) is 52.5. The highest BCUT2D eigenvalue weighted by molar-refractivity contribution is 5.66. The Balaban J connectivity index is 1.69. The first-order valence-corrected chi connectivity index (χ1v) is 10.5. The Kier molecular flexibility index (Phi) is 4.50. The van der Waals surface area contributed by atoms with E-state index in [1.54, 1.807) is 0 Å². The molecule has 0 radical (unpaired) electrons. The van der Waals surface area contributed by atoms with Gasteiger partial charge in [-0.1, -0.05) is 31.4 Å². The van der Waals surface area contributed by atoms with Crippen molar-refractivity contribution in [2.45, 2.75) is 83.2 Å². The van der Waals surface area contributed by atoms with Gasteiger partial charge in [-0.15, -0.1) is 6.42 Å². The van der Waals surface area contributed by atoms with Crippen LogP contribution in [-0.4, -0.2) is 45.2 Å². The van der Waals surface area contributed by atoms with Crippen LogP contribution in [0.3, 0.4) is 0 Å². The number of ether oxygens (including phenoxy) is 1. The molecule has 0 aromatic heterocycles. The van der Waals surface area contributed by atoms with Crippen LogP contribution in [0.2, 0.25) is 0 Å². The molecule has 0 unspecified atom stereocenters. The molecular formula is C23H32O5. The van der Waals surface area contributed by atoms with Crippen molar-refractivity contribution < 1.29 is 24.9 Å². The second kappa shape index (κ2) is 6.32. The minimum absolute atomic E-state index is 0.0126. The highest BCUT2D eigenvalue weighted by Gasteiger charge is 2.66. The molecule has 0 saturated heterocycles. The van der Waals surface area contributed by atoms with Crippen LogP contribution in [0, 0.1) is 40.9 Å². The van der Waals surface area contributed by atoms with E-state index in [0.717, 1.165) is 12.8 Å². The Morgan fingerprint density at radius 1 is 1.29 bits per heavy atom. The van der Waals surface area contributed by atoms with E-state index in [9.17, 15) is 20.1 Å². The Labute approximate surface area is 167 Å². The van der Waals surface area contributed by atoms with Crippen molar-refractivity contribution in [2.24, 2.45) is 28.6 Å². The summed E-state index contributed by atoms with van der Waals surface area (Å²) in [6.45, 7) is 5.54. The molecule has 0 aromatic rings. The molecule has 0 spiro atoms. The smallest absolute Gasteiger partial charge is 0.303 e. The number of hydrogen-bond donors (Lipinski definition) is 3. The zero-order chi connectivity index (χ0) is 20.5. The minimum atomic E-state index is -1.17. The van der Waals surface area contributed by atoms with Crippen molar-refractivity contribution in [3.63, 3.8) is 0 Å². The molecule has 4 aliphatic carbocycles. The van der Waals surface area contributed by atoms with Gasteiger partial charge in [-0.3, -0.25) is 4.79 Å². The lowest BCUT2D eigenvalue weighted by molar-refractivity contribution is -0.171. The van der Waals surface area contributed by atoms with Crippen molar-refractivity contribution in [1.29, 1.82) is 0 Å². The van der Waals surface area contributed by atoms with Gasteiger partial charge in [-0.2, -0.15) is 0 Å². The van der Waals surface area contributed by atoms with Gasteiger partial charge in [0.1, 0.15) is 11.7 Å². The number of allylic oxidation sites excluding steroid dienone is 1. The van der Waals surface area contributed by atoms with Crippen LogP contribution in [0.4, 0.5) is 0 Å². The van der Waals surface area contributed by atoms with Crippen LogP contribution in [0.5, 0.6) is 0 Å². The summed E-state index contributed by atoms with van der Waals surface area (Å²) in [4.78, 5) is 11.4. The molecule has 0 bridgehead atoms. The predicted molar refractivity (Wildman–Crippen MR) is 104 cm³/mol. The number of aliphatic hydroxyl groups excluding tert-OH is 2. The van der Waals surface area contributed by atoms with Gasteiger partial charge in [0.05, 0.1) is 12.2 Å². The van der Waals surface area contributed by atoms with E-state index in [-0.39, 0.29) is 29.1 Å². The fourth-order valence-corrected chi connectivity index (χ4v) is 7.39. The molecule has 28 heavy (non-hydrogen) atoms. The van der Waals surface area contributed by atoms with Gasteiger partial charge in [0.15, 0.2) is 0 Å². The molecule has 0 heterocycles. The second-order valence-electron chi connectivity index (χ2n) is 10.0. The summed E-state index contributed by atoms with van der Waals surface area (Å²) >= 11 is 0. The zero-order valence-electron chi connectivity index (χ0n) is 17.0. The number of aliphatic hydroxyl groups is 3. The molecule has 3 N–H and O–H groups in total. The third-order valence-electron chi connectivity index (χ3n) is 8.75. The summed E-state index contributed by atoms with van der Waals surface area (Å²) in [6, 6.07) is 0. The van der Waals surface area contributed by atoms with Crippen molar-refractivity contribution in [3.05, 3.63) is 11.6 Å². The Bertz CT molecular complexity index is 753. The number of hydrogen-bond acceptors (Lipinski definition) is 5. The molecule has 9 atom stereocenters. The molecule has 0 aromatic carbocycles. The molecule has 3 fully saturated rings. The van der Waals surface area contributed by atoms with Crippen LogP contribution in [0.25, 0.3) is 0 Å². The maximum absolute atomic E-state index is 11.4. The number of carbonyl (C=O) groups is 1. The van der Waals surface area contributed by atoms with E-state index in [1.165, 1.54) is 12.5 Å².